The van der Waals surface area contributed by atoms with Gasteiger partial charge in [0.05, 0.1) is 12.8 Å². The maximum atomic E-state index is 13.0. The number of hydrazone groups is 1. The predicted octanol–water partition coefficient (Wildman–Crippen LogP) is 1.44. The molecule has 2 N–H and O–H groups in total. The number of rotatable bonds is 7. The molecule has 0 aliphatic carbocycles. The third-order valence-corrected chi connectivity index (χ3v) is 4.05. The summed E-state index contributed by atoms with van der Waals surface area (Å²) in [5, 5.41) is 10.6. The summed E-state index contributed by atoms with van der Waals surface area (Å²) in [6, 6.07) is 8.88. The van der Waals surface area contributed by atoms with Crippen molar-refractivity contribution in [1.29, 1.82) is 0 Å². The van der Waals surface area contributed by atoms with Crippen molar-refractivity contribution in [2.24, 2.45) is 5.10 Å². The zero-order chi connectivity index (χ0) is 19.9. The van der Waals surface area contributed by atoms with E-state index in [2.05, 4.69) is 15.7 Å². The molecule has 0 bridgehead atoms. The number of carbonyl (C=O) groups is 3. The van der Waals surface area contributed by atoms with Crippen LogP contribution >= 0.6 is 0 Å². The molecular weight excluding hydrogens is 367 g/mol. The Hall–Kier alpha value is -3.49. The smallest absolute Gasteiger partial charge is 0.287 e. The van der Waals surface area contributed by atoms with Crippen molar-refractivity contribution in [3.63, 3.8) is 0 Å². The average molecular weight is 386 g/mol. The fourth-order valence-electron chi connectivity index (χ4n) is 2.60. The molecule has 0 spiro atoms. The van der Waals surface area contributed by atoms with Crippen molar-refractivity contribution in [3.8, 4) is 0 Å². The zero-order valence-corrected chi connectivity index (χ0v) is 15.0. The van der Waals surface area contributed by atoms with E-state index in [1.807, 2.05) is 0 Å². The van der Waals surface area contributed by atoms with Gasteiger partial charge in [-0.3, -0.25) is 14.4 Å². The van der Waals surface area contributed by atoms with E-state index in [1.54, 1.807) is 18.2 Å². The molecule has 1 aliphatic rings. The lowest BCUT2D eigenvalue weighted by Gasteiger charge is -2.23. The molecule has 0 saturated heterocycles. The molecule has 2 aromatic rings. The van der Waals surface area contributed by atoms with Crippen molar-refractivity contribution < 1.29 is 23.2 Å². The molecule has 9 heteroatoms. The number of hydrogen-bond acceptors (Lipinski definition) is 5. The Balaban J connectivity index is 1.50. The van der Waals surface area contributed by atoms with Crippen LogP contribution in [-0.2, 0) is 16.1 Å². The molecule has 3 amide bonds. The summed E-state index contributed by atoms with van der Waals surface area (Å²) in [5.41, 5.74) is 0.944. The minimum absolute atomic E-state index is 0.162. The Kier molecular flexibility index (Phi) is 6.15. The van der Waals surface area contributed by atoms with Crippen molar-refractivity contribution in [2.75, 3.05) is 13.1 Å². The largest absolute Gasteiger partial charge is 0.459 e. The van der Waals surface area contributed by atoms with Crippen molar-refractivity contribution in [1.82, 2.24) is 15.6 Å². The van der Waals surface area contributed by atoms with Crippen LogP contribution in [0.3, 0.4) is 0 Å². The fraction of sp³-hybridized carbons (Fsp3) is 0.263. The lowest BCUT2D eigenvalue weighted by molar-refractivity contribution is -0.132. The zero-order valence-electron chi connectivity index (χ0n) is 15.0. The Morgan fingerprint density at radius 3 is 2.46 bits per heavy atom. The lowest BCUT2D eigenvalue weighted by Crippen LogP contribution is -2.41. The first-order valence-electron chi connectivity index (χ1n) is 8.75. The number of amides is 3. The van der Waals surface area contributed by atoms with Gasteiger partial charge in [0.25, 0.3) is 11.8 Å². The summed E-state index contributed by atoms with van der Waals surface area (Å²) in [6.45, 7) is 0.585. The van der Waals surface area contributed by atoms with Crippen LogP contribution in [0.1, 0.15) is 29.0 Å². The van der Waals surface area contributed by atoms with Crippen LogP contribution in [-0.4, -0.2) is 41.5 Å². The molecule has 0 radical (unpaired) electrons. The lowest BCUT2D eigenvalue weighted by atomic mass is 10.1. The number of carbonyl (C=O) groups excluding carboxylic acids is 3. The SMILES string of the molecule is O=C(NCCNC(=O)c1ccco1)C1=NN(Cc2ccc(F)cc2)C(=O)CC1. The number of nitrogens with one attached hydrogen (secondary N) is 2. The van der Waals surface area contributed by atoms with E-state index in [1.165, 1.54) is 29.5 Å². The molecule has 3 rings (SSSR count). The first-order chi connectivity index (χ1) is 13.5. The molecule has 28 heavy (non-hydrogen) atoms. The van der Waals surface area contributed by atoms with Gasteiger partial charge in [0.15, 0.2) is 5.76 Å². The molecule has 0 unspecified atom stereocenters. The molecule has 146 valence electrons. The Morgan fingerprint density at radius 2 is 1.79 bits per heavy atom. The third kappa shape index (κ3) is 5.03. The van der Waals surface area contributed by atoms with Gasteiger partial charge in [0.1, 0.15) is 11.5 Å². The quantitative estimate of drug-likeness (QED) is 0.703. The van der Waals surface area contributed by atoms with Gasteiger partial charge in [-0.15, -0.1) is 0 Å². The highest BCUT2D eigenvalue weighted by atomic mass is 19.1. The van der Waals surface area contributed by atoms with Crippen molar-refractivity contribution in [2.45, 2.75) is 19.4 Å². The van der Waals surface area contributed by atoms with Gasteiger partial charge in [-0.05, 0) is 29.8 Å². The predicted molar refractivity (Wildman–Crippen MR) is 97.7 cm³/mol. The molecule has 8 nitrogen and oxygen atoms in total. The number of halogens is 1. The molecule has 0 atom stereocenters. The van der Waals surface area contributed by atoms with Crippen molar-refractivity contribution >= 4 is 23.4 Å². The number of nitrogens with zero attached hydrogens (tertiary/aromatic N) is 2. The molecule has 2 heterocycles. The van der Waals surface area contributed by atoms with E-state index >= 15 is 0 Å². The van der Waals surface area contributed by atoms with E-state index in [9.17, 15) is 18.8 Å². The van der Waals surface area contributed by atoms with Gasteiger partial charge in [-0.25, -0.2) is 9.40 Å². The molecule has 1 aromatic heterocycles. The molecule has 0 fully saturated rings. The minimum atomic E-state index is -0.399. The van der Waals surface area contributed by atoms with Crippen LogP contribution in [0.25, 0.3) is 0 Å². The summed E-state index contributed by atoms with van der Waals surface area (Å²) >= 11 is 0. The Morgan fingerprint density at radius 1 is 1.07 bits per heavy atom. The second kappa shape index (κ2) is 8.94. The highest BCUT2D eigenvalue weighted by molar-refractivity contribution is 6.39. The van der Waals surface area contributed by atoms with Gasteiger partial charge in [0, 0.05) is 25.9 Å². The maximum absolute atomic E-state index is 13.0. The average Bonchev–Trinajstić information content (AvgIpc) is 3.23. The first kappa shape index (κ1) is 19.3. The monoisotopic (exact) mass is 386 g/mol. The molecule has 0 saturated carbocycles. The third-order valence-electron chi connectivity index (χ3n) is 4.05. The van der Waals surface area contributed by atoms with Crippen molar-refractivity contribution in [3.05, 3.63) is 59.8 Å². The maximum Gasteiger partial charge on any atom is 0.287 e. The van der Waals surface area contributed by atoms with Crippen LogP contribution in [0.4, 0.5) is 4.39 Å². The van der Waals surface area contributed by atoms with E-state index in [4.69, 9.17) is 4.42 Å². The first-order valence-corrected chi connectivity index (χ1v) is 8.75. The summed E-state index contributed by atoms with van der Waals surface area (Å²) in [7, 11) is 0. The van der Waals surface area contributed by atoms with Gasteiger partial charge >= 0.3 is 0 Å². The normalized spacial score (nSPS) is 13.8. The summed E-state index contributed by atoms with van der Waals surface area (Å²) in [6.07, 6.45) is 1.81. The van der Waals surface area contributed by atoms with Crippen LogP contribution < -0.4 is 10.6 Å². The van der Waals surface area contributed by atoms with Gasteiger partial charge in [0.2, 0.25) is 5.91 Å². The Labute approximate surface area is 160 Å². The topological polar surface area (TPSA) is 104 Å². The Bertz CT molecular complexity index is 878. The standard InChI is InChI=1S/C19H19FN4O4/c20-14-5-3-13(4-6-14)12-24-17(25)8-7-15(23-24)18(26)21-9-10-22-19(27)16-2-1-11-28-16/h1-6,11H,7-10,12H2,(H,21,26)(H,22,27). The second-order valence-electron chi connectivity index (χ2n) is 6.11. The van der Waals surface area contributed by atoms with E-state index in [0.29, 0.717) is 5.56 Å². The van der Waals surface area contributed by atoms with E-state index in [0.717, 1.165) is 0 Å². The van der Waals surface area contributed by atoms with Crippen LogP contribution in [0.15, 0.2) is 52.2 Å². The second-order valence-corrected chi connectivity index (χ2v) is 6.11. The minimum Gasteiger partial charge on any atom is -0.459 e. The molecular formula is C19H19FN4O4. The number of hydrogen-bond donors (Lipinski definition) is 2. The highest BCUT2D eigenvalue weighted by Crippen LogP contribution is 2.14. The number of benzene rings is 1. The molecule has 1 aliphatic heterocycles. The highest BCUT2D eigenvalue weighted by Gasteiger charge is 2.24. The van der Waals surface area contributed by atoms with Crippen LogP contribution in [0.5, 0.6) is 0 Å². The fourth-order valence-corrected chi connectivity index (χ4v) is 2.60. The summed E-state index contributed by atoms with van der Waals surface area (Å²) in [5.74, 6) is -1.14. The van der Waals surface area contributed by atoms with E-state index in [-0.39, 0.29) is 61.6 Å². The molecule has 1 aromatic carbocycles. The van der Waals surface area contributed by atoms with Gasteiger partial charge in [-0.1, -0.05) is 12.1 Å². The summed E-state index contributed by atoms with van der Waals surface area (Å²) in [4.78, 5) is 36.0. The van der Waals surface area contributed by atoms with E-state index < -0.39 is 5.91 Å². The van der Waals surface area contributed by atoms with Crippen LogP contribution in [0, 0.1) is 5.82 Å². The number of furan rings is 1. The summed E-state index contributed by atoms with van der Waals surface area (Å²) < 4.78 is 18.0. The van der Waals surface area contributed by atoms with Gasteiger partial charge < -0.3 is 15.1 Å². The van der Waals surface area contributed by atoms with Crippen LogP contribution in [0.2, 0.25) is 0 Å². The van der Waals surface area contributed by atoms with Gasteiger partial charge in [-0.2, -0.15) is 5.10 Å².